The van der Waals surface area contributed by atoms with Crippen LogP contribution in [-0.2, 0) is 0 Å². The molecular weight excluding hydrogens is 412 g/mol. The average Bonchev–Trinajstić information content (AvgIpc) is 3.45. The Morgan fingerprint density at radius 3 is 1.58 bits per heavy atom. The second kappa shape index (κ2) is 11.4. The topological polar surface area (TPSA) is 3.24 Å². The van der Waals surface area contributed by atoms with E-state index < -0.39 is 0 Å². The maximum Gasteiger partial charge on any atom is 0.0183 e. The Labute approximate surface area is 193 Å². The lowest BCUT2D eigenvalue weighted by atomic mass is 10.0. The number of benzene rings is 2. The lowest BCUT2D eigenvalue weighted by molar-refractivity contribution is 0.613. The summed E-state index contributed by atoms with van der Waals surface area (Å²) in [4.78, 5) is 0. The first kappa shape index (κ1) is 23.4. The first-order valence-electron chi connectivity index (χ1n) is 12.7. The van der Waals surface area contributed by atoms with Crippen LogP contribution in [0.1, 0.15) is 94.6 Å². The molecule has 168 valence electrons. The van der Waals surface area contributed by atoms with Crippen LogP contribution in [-0.4, -0.2) is 22.3 Å². The van der Waals surface area contributed by atoms with Crippen LogP contribution < -0.4 is 0 Å². The molecular formula is C28H41NP2. The number of rotatable bonds is 9. The molecule has 0 saturated carbocycles. The predicted octanol–water partition coefficient (Wildman–Crippen LogP) is 9.51. The standard InChI is InChI=1S/C28H41NP2/c1-4-7-22-29(30-25(5-2)18-19-26(30)6-3)31-27(23-14-10-8-11-15-23)20-21-28(31)24-16-12-9-13-17-24/h8-17,25-28H,4-7,18-22H2,1-3H3/t25-,26-,27+,28+/m1/s1. The molecule has 4 rings (SSSR count). The molecule has 3 heteroatoms. The zero-order chi connectivity index (χ0) is 21.6. The smallest absolute Gasteiger partial charge is 0.0183 e. The zero-order valence-corrected chi connectivity index (χ0v) is 21.6. The molecule has 1 nitrogen and oxygen atoms in total. The summed E-state index contributed by atoms with van der Waals surface area (Å²) in [6, 6.07) is 23.1. The molecule has 2 aliphatic heterocycles. The van der Waals surface area contributed by atoms with Crippen molar-refractivity contribution in [3.63, 3.8) is 0 Å². The van der Waals surface area contributed by atoms with Gasteiger partial charge in [-0.05, 0) is 83.5 Å². The molecule has 2 fully saturated rings. The van der Waals surface area contributed by atoms with Crippen molar-refractivity contribution < 1.29 is 0 Å². The van der Waals surface area contributed by atoms with Gasteiger partial charge in [-0.15, -0.1) is 0 Å². The Morgan fingerprint density at radius 1 is 0.677 bits per heavy atom. The van der Waals surface area contributed by atoms with E-state index in [-0.39, 0.29) is 16.1 Å². The van der Waals surface area contributed by atoms with E-state index in [0.717, 1.165) is 22.6 Å². The predicted molar refractivity (Wildman–Crippen MR) is 140 cm³/mol. The van der Waals surface area contributed by atoms with E-state index in [1.54, 1.807) is 11.1 Å². The molecule has 4 atom stereocenters. The Morgan fingerprint density at radius 2 is 1.16 bits per heavy atom. The highest BCUT2D eigenvalue weighted by Gasteiger charge is 2.47. The maximum atomic E-state index is 3.20. The van der Waals surface area contributed by atoms with E-state index in [1.165, 1.54) is 57.9 Å². The fraction of sp³-hybridized carbons (Fsp3) is 0.571. The van der Waals surface area contributed by atoms with Crippen molar-refractivity contribution in [3.05, 3.63) is 71.8 Å². The van der Waals surface area contributed by atoms with Gasteiger partial charge in [0.05, 0.1) is 0 Å². The van der Waals surface area contributed by atoms with Gasteiger partial charge in [-0.25, -0.2) is 0 Å². The summed E-state index contributed by atoms with van der Waals surface area (Å²) in [7, 11) is -0.243. The second-order valence-electron chi connectivity index (χ2n) is 9.34. The first-order chi connectivity index (χ1) is 15.3. The summed E-state index contributed by atoms with van der Waals surface area (Å²) >= 11 is 0. The van der Waals surface area contributed by atoms with Crippen molar-refractivity contribution in [2.45, 2.75) is 94.8 Å². The Hall–Kier alpha value is -0.740. The van der Waals surface area contributed by atoms with E-state index >= 15 is 0 Å². The molecule has 2 aromatic rings. The van der Waals surface area contributed by atoms with Crippen LogP contribution in [0.5, 0.6) is 0 Å². The zero-order valence-electron chi connectivity index (χ0n) is 19.8. The summed E-state index contributed by atoms with van der Waals surface area (Å²) in [6.45, 7) is 8.62. The Balaban J connectivity index is 1.76. The van der Waals surface area contributed by atoms with Crippen molar-refractivity contribution in [1.82, 2.24) is 4.44 Å². The van der Waals surface area contributed by atoms with Gasteiger partial charge in [-0.3, -0.25) is 4.44 Å². The minimum absolute atomic E-state index is 0.0301. The fourth-order valence-corrected chi connectivity index (χ4v) is 15.0. The fourth-order valence-electron chi connectivity index (χ4n) is 5.87. The number of hydrogen-bond donors (Lipinski definition) is 0. The van der Waals surface area contributed by atoms with Gasteiger partial charge in [0.15, 0.2) is 0 Å². The molecule has 0 radical (unpaired) electrons. The molecule has 2 heterocycles. The molecule has 0 amide bonds. The minimum atomic E-state index is -0.213. The van der Waals surface area contributed by atoms with Gasteiger partial charge in [0, 0.05) is 17.9 Å². The third-order valence-corrected chi connectivity index (χ3v) is 15.3. The van der Waals surface area contributed by atoms with E-state index in [0.29, 0.717) is 0 Å². The van der Waals surface area contributed by atoms with Crippen molar-refractivity contribution in [2.75, 3.05) is 6.54 Å². The molecule has 31 heavy (non-hydrogen) atoms. The summed E-state index contributed by atoms with van der Waals surface area (Å²) in [5.74, 6) is 0. The number of unbranched alkanes of at least 4 members (excludes halogenated alkanes) is 1. The SMILES string of the molecule is CCCCN(P1[C@H](CC)CC[C@H]1CC)P1[C@H](c2ccccc2)CC[C@H]1c1ccccc1. The van der Waals surface area contributed by atoms with E-state index in [4.69, 9.17) is 0 Å². The number of nitrogens with zero attached hydrogens (tertiary/aromatic N) is 1. The van der Waals surface area contributed by atoms with E-state index in [2.05, 4.69) is 85.9 Å². The van der Waals surface area contributed by atoms with Gasteiger partial charge in [0.25, 0.3) is 0 Å². The van der Waals surface area contributed by atoms with Gasteiger partial charge in [0.1, 0.15) is 0 Å². The molecule has 0 unspecified atom stereocenters. The molecule has 2 aliphatic rings. The van der Waals surface area contributed by atoms with Crippen LogP contribution in [0.4, 0.5) is 0 Å². The monoisotopic (exact) mass is 453 g/mol. The lowest BCUT2D eigenvalue weighted by Crippen LogP contribution is -2.24. The van der Waals surface area contributed by atoms with Crippen LogP contribution in [0.3, 0.4) is 0 Å². The molecule has 0 aromatic heterocycles. The van der Waals surface area contributed by atoms with Gasteiger partial charge in [0.2, 0.25) is 0 Å². The van der Waals surface area contributed by atoms with Crippen molar-refractivity contribution in [2.24, 2.45) is 0 Å². The van der Waals surface area contributed by atoms with E-state index in [1.807, 2.05) is 0 Å². The normalized spacial score (nSPS) is 27.4. The molecule has 2 saturated heterocycles. The third kappa shape index (κ3) is 5.11. The molecule has 2 aromatic carbocycles. The molecule has 0 spiro atoms. The average molecular weight is 454 g/mol. The Bertz CT molecular complexity index is 721. The number of hydrogen-bond acceptors (Lipinski definition) is 1. The second-order valence-corrected chi connectivity index (χ2v) is 14.8. The highest BCUT2D eigenvalue weighted by molar-refractivity contribution is 7.71. The summed E-state index contributed by atoms with van der Waals surface area (Å²) < 4.78 is 3.20. The maximum absolute atomic E-state index is 3.20. The molecule has 0 bridgehead atoms. The van der Waals surface area contributed by atoms with Gasteiger partial charge < -0.3 is 0 Å². The van der Waals surface area contributed by atoms with Crippen molar-refractivity contribution >= 4 is 16.1 Å². The summed E-state index contributed by atoms with van der Waals surface area (Å²) in [5.41, 5.74) is 6.57. The molecule has 0 N–H and O–H groups in total. The van der Waals surface area contributed by atoms with Crippen LogP contribution in [0.25, 0.3) is 0 Å². The van der Waals surface area contributed by atoms with Crippen LogP contribution in [0.15, 0.2) is 60.7 Å². The third-order valence-electron chi connectivity index (χ3n) is 7.49. The molecule has 0 aliphatic carbocycles. The van der Waals surface area contributed by atoms with Crippen LogP contribution >= 0.6 is 16.1 Å². The summed E-state index contributed by atoms with van der Waals surface area (Å²) in [6.07, 6.45) is 11.1. The van der Waals surface area contributed by atoms with Gasteiger partial charge in [-0.1, -0.05) is 87.9 Å². The minimum Gasteiger partial charge on any atom is -0.258 e. The highest BCUT2D eigenvalue weighted by Crippen LogP contribution is 2.79. The quantitative estimate of drug-likeness (QED) is 0.342. The lowest BCUT2D eigenvalue weighted by Gasteiger charge is -2.45. The van der Waals surface area contributed by atoms with Crippen LogP contribution in [0.2, 0.25) is 0 Å². The Kier molecular flexibility index (Phi) is 8.62. The van der Waals surface area contributed by atoms with Gasteiger partial charge >= 0.3 is 0 Å². The van der Waals surface area contributed by atoms with Crippen LogP contribution in [0, 0.1) is 0 Å². The first-order valence-corrected chi connectivity index (χ1v) is 15.6. The van der Waals surface area contributed by atoms with Crippen molar-refractivity contribution in [1.29, 1.82) is 0 Å². The van der Waals surface area contributed by atoms with Gasteiger partial charge in [-0.2, -0.15) is 0 Å². The van der Waals surface area contributed by atoms with E-state index in [9.17, 15) is 0 Å². The van der Waals surface area contributed by atoms with Crippen molar-refractivity contribution in [3.8, 4) is 0 Å². The highest BCUT2D eigenvalue weighted by atomic mass is 31.2. The largest absolute Gasteiger partial charge is 0.258 e. The summed E-state index contributed by atoms with van der Waals surface area (Å²) in [5, 5.41) is 0.